The Kier molecular flexibility index (Phi) is 4.98. The Labute approximate surface area is 155 Å². The van der Waals surface area contributed by atoms with E-state index in [-0.39, 0.29) is 17.5 Å². The van der Waals surface area contributed by atoms with Crippen molar-refractivity contribution in [3.8, 4) is 11.5 Å². The molecule has 8 nitrogen and oxygen atoms in total. The fraction of sp³-hybridized carbons (Fsp3) is 0.211. The maximum Gasteiger partial charge on any atom is 0.339 e. The quantitative estimate of drug-likeness (QED) is 0.378. The minimum Gasteiger partial charge on any atom is -0.449 e. The Hall–Kier alpha value is -3.55. The lowest BCUT2D eigenvalue weighted by molar-refractivity contribution is -0.384. The van der Waals surface area contributed by atoms with E-state index in [1.54, 1.807) is 13.0 Å². The Morgan fingerprint density at radius 2 is 1.85 bits per heavy atom. The minimum absolute atomic E-state index is 0.0330. The molecule has 0 bridgehead atoms. The summed E-state index contributed by atoms with van der Waals surface area (Å²) in [4.78, 5) is 22.6. The summed E-state index contributed by atoms with van der Waals surface area (Å²) in [6, 6.07) is 11.3. The second kappa shape index (κ2) is 7.36. The maximum atomic E-state index is 12.4. The molecular formula is C19H17N3O5. The summed E-state index contributed by atoms with van der Waals surface area (Å²) in [5, 5.41) is 18.5. The molecule has 0 aliphatic heterocycles. The number of nitrogens with zero attached hydrogens (tertiary/aromatic N) is 3. The minimum atomic E-state index is -0.739. The van der Waals surface area contributed by atoms with Crippen molar-refractivity contribution in [1.82, 2.24) is 10.2 Å². The van der Waals surface area contributed by atoms with Crippen LogP contribution in [-0.4, -0.2) is 21.1 Å². The fourth-order valence-corrected chi connectivity index (χ4v) is 2.47. The summed E-state index contributed by atoms with van der Waals surface area (Å²) in [5.41, 5.74) is 2.76. The van der Waals surface area contributed by atoms with Crippen molar-refractivity contribution < 1.29 is 18.9 Å². The Morgan fingerprint density at radius 1 is 1.15 bits per heavy atom. The van der Waals surface area contributed by atoms with Gasteiger partial charge < -0.3 is 9.15 Å². The molecule has 3 aromatic rings. The zero-order chi connectivity index (χ0) is 19.6. The number of hydrogen-bond donors (Lipinski definition) is 0. The number of esters is 1. The van der Waals surface area contributed by atoms with Gasteiger partial charge in [-0.25, -0.2) is 4.79 Å². The third kappa shape index (κ3) is 4.00. The molecular weight excluding hydrogens is 350 g/mol. The predicted octanol–water partition coefficient (Wildman–Crippen LogP) is 4.18. The number of carbonyl (C=O) groups excluding carboxylic acids is 1. The number of ether oxygens (including phenoxy) is 1. The number of rotatable bonds is 5. The summed E-state index contributed by atoms with van der Waals surface area (Å²) in [6.45, 7) is 5.37. The standard InChI is InChI=1S/C19H17N3O5/c1-11-4-5-12(2)16(10-11)19(23)26-13(3)17-20-21-18(27-17)14-6-8-15(9-7-14)22(24)25/h4-10,13H,1-3H3/t13-/m1/s1. The molecule has 0 aliphatic rings. The van der Waals surface area contributed by atoms with E-state index in [9.17, 15) is 14.9 Å². The highest BCUT2D eigenvalue weighted by molar-refractivity contribution is 5.91. The predicted molar refractivity (Wildman–Crippen MR) is 96.1 cm³/mol. The zero-order valence-corrected chi connectivity index (χ0v) is 15.0. The zero-order valence-electron chi connectivity index (χ0n) is 15.0. The van der Waals surface area contributed by atoms with Crippen LogP contribution in [0.5, 0.6) is 0 Å². The van der Waals surface area contributed by atoms with Crippen molar-refractivity contribution >= 4 is 11.7 Å². The van der Waals surface area contributed by atoms with E-state index in [4.69, 9.17) is 9.15 Å². The normalized spacial score (nSPS) is 11.8. The van der Waals surface area contributed by atoms with Crippen LogP contribution in [0.4, 0.5) is 5.69 Å². The Balaban J connectivity index is 1.74. The highest BCUT2D eigenvalue weighted by Gasteiger charge is 2.21. The van der Waals surface area contributed by atoms with Gasteiger partial charge in [-0.05, 0) is 44.5 Å². The molecule has 1 atom stereocenters. The molecule has 2 aromatic carbocycles. The van der Waals surface area contributed by atoms with E-state index >= 15 is 0 Å². The van der Waals surface area contributed by atoms with Crippen LogP contribution >= 0.6 is 0 Å². The molecule has 0 unspecified atom stereocenters. The average Bonchev–Trinajstić information content (AvgIpc) is 3.14. The summed E-state index contributed by atoms with van der Waals surface area (Å²) in [7, 11) is 0. The number of hydrogen-bond acceptors (Lipinski definition) is 7. The van der Waals surface area contributed by atoms with Gasteiger partial charge in [0.05, 0.1) is 10.5 Å². The molecule has 0 saturated heterocycles. The van der Waals surface area contributed by atoms with Gasteiger partial charge >= 0.3 is 5.97 Å². The second-order valence-corrected chi connectivity index (χ2v) is 6.12. The lowest BCUT2D eigenvalue weighted by atomic mass is 10.1. The first-order valence-corrected chi connectivity index (χ1v) is 8.21. The number of benzene rings is 2. The molecule has 0 aliphatic carbocycles. The van der Waals surface area contributed by atoms with Gasteiger partial charge in [0.15, 0.2) is 6.10 Å². The van der Waals surface area contributed by atoms with Crippen molar-refractivity contribution in [3.63, 3.8) is 0 Å². The fourth-order valence-electron chi connectivity index (χ4n) is 2.47. The Morgan fingerprint density at radius 3 is 2.52 bits per heavy atom. The van der Waals surface area contributed by atoms with E-state index in [2.05, 4.69) is 10.2 Å². The third-order valence-corrected chi connectivity index (χ3v) is 4.01. The summed E-state index contributed by atoms with van der Waals surface area (Å²) < 4.78 is 11.0. The first kappa shape index (κ1) is 18.2. The van der Waals surface area contributed by atoms with Crippen molar-refractivity contribution in [1.29, 1.82) is 0 Å². The van der Waals surface area contributed by atoms with Gasteiger partial charge in [-0.2, -0.15) is 0 Å². The molecule has 0 saturated carbocycles. The topological polar surface area (TPSA) is 108 Å². The second-order valence-electron chi connectivity index (χ2n) is 6.12. The van der Waals surface area contributed by atoms with Crippen molar-refractivity contribution in [2.45, 2.75) is 26.9 Å². The molecule has 8 heteroatoms. The van der Waals surface area contributed by atoms with Gasteiger partial charge in [0.25, 0.3) is 11.6 Å². The summed E-state index contributed by atoms with van der Waals surface area (Å²) in [6.07, 6.45) is -0.739. The highest BCUT2D eigenvalue weighted by atomic mass is 16.6. The van der Waals surface area contributed by atoms with E-state index < -0.39 is 17.0 Å². The van der Waals surface area contributed by atoms with E-state index in [1.165, 1.54) is 24.3 Å². The Bertz CT molecular complexity index is 995. The monoisotopic (exact) mass is 367 g/mol. The maximum absolute atomic E-state index is 12.4. The molecule has 27 heavy (non-hydrogen) atoms. The number of nitro benzene ring substituents is 1. The molecule has 0 spiro atoms. The van der Waals surface area contributed by atoms with E-state index in [1.807, 2.05) is 26.0 Å². The van der Waals surface area contributed by atoms with E-state index in [0.717, 1.165) is 11.1 Å². The molecule has 0 N–H and O–H groups in total. The number of nitro groups is 1. The molecule has 1 aromatic heterocycles. The van der Waals surface area contributed by atoms with Gasteiger partial charge in [0.2, 0.25) is 5.89 Å². The molecule has 1 heterocycles. The van der Waals surface area contributed by atoms with Crippen LogP contribution in [0.3, 0.4) is 0 Å². The largest absolute Gasteiger partial charge is 0.449 e. The van der Waals surface area contributed by atoms with Crippen LogP contribution < -0.4 is 0 Å². The van der Waals surface area contributed by atoms with Gasteiger partial charge in [0.1, 0.15) is 0 Å². The van der Waals surface area contributed by atoms with Crippen LogP contribution in [-0.2, 0) is 4.74 Å². The highest BCUT2D eigenvalue weighted by Crippen LogP contribution is 2.25. The lowest BCUT2D eigenvalue weighted by Crippen LogP contribution is -2.11. The van der Waals surface area contributed by atoms with Gasteiger partial charge in [-0.3, -0.25) is 10.1 Å². The van der Waals surface area contributed by atoms with Crippen molar-refractivity contribution in [3.05, 3.63) is 75.2 Å². The first-order valence-electron chi connectivity index (χ1n) is 8.21. The van der Waals surface area contributed by atoms with Crippen LogP contribution in [0, 0.1) is 24.0 Å². The third-order valence-electron chi connectivity index (χ3n) is 4.01. The van der Waals surface area contributed by atoms with Crippen molar-refractivity contribution in [2.75, 3.05) is 0 Å². The van der Waals surface area contributed by atoms with Gasteiger partial charge in [-0.15, -0.1) is 10.2 Å². The summed E-state index contributed by atoms with van der Waals surface area (Å²) in [5.74, 6) is -0.143. The van der Waals surface area contributed by atoms with Crippen LogP contribution in [0.25, 0.3) is 11.5 Å². The molecule has 0 fully saturated rings. The molecule has 138 valence electrons. The number of aryl methyl sites for hydroxylation is 2. The lowest BCUT2D eigenvalue weighted by Gasteiger charge is -2.11. The smallest absolute Gasteiger partial charge is 0.339 e. The first-order chi connectivity index (χ1) is 12.8. The molecule has 0 amide bonds. The van der Waals surface area contributed by atoms with E-state index in [0.29, 0.717) is 11.1 Å². The summed E-state index contributed by atoms with van der Waals surface area (Å²) >= 11 is 0. The number of carbonyl (C=O) groups is 1. The van der Waals surface area contributed by atoms with Crippen molar-refractivity contribution in [2.24, 2.45) is 0 Å². The number of aromatic nitrogens is 2. The average molecular weight is 367 g/mol. The van der Waals surface area contributed by atoms with Crippen LogP contribution in [0.1, 0.15) is 40.4 Å². The van der Waals surface area contributed by atoms with Crippen LogP contribution in [0.2, 0.25) is 0 Å². The van der Waals surface area contributed by atoms with Gasteiger partial charge in [-0.1, -0.05) is 17.7 Å². The SMILES string of the molecule is Cc1ccc(C)c(C(=O)O[C@H](C)c2nnc(-c3ccc([N+](=O)[O-])cc3)o2)c1. The molecule has 0 radical (unpaired) electrons. The number of non-ortho nitro benzene ring substituents is 1. The molecule has 3 rings (SSSR count). The van der Waals surface area contributed by atoms with Crippen LogP contribution in [0.15, 0.2) is 46.9 Å². The van der Waals surface area contributed by atoms with Gasteiger partial charge in [0, 0.05) is 17.7 Å².